The summed E-state index contributed by atoms with van der Waals surface area (Å²) in [5.74, 6) is 0.875. The Labute approximate surface area is 101 Å². The molecule has 3 rings (SSSR count). The van der Waals surface area contributed by atoms with Crippen molar-refractivity contribution in [3.8, 4) is 5.75 Å². The molecule has 1 aromatic rings. The van der Waals surface area contributed by atoms with Gasteiger partial charge in [-0.1, -0.05) is 12.1 Å². The van der Waals surface area contributed by atoms with Crippen LogP contribution in [0.1, 0.15) is 29.6 Å². The van der Waals surface area contributed by atoms with E-state index in [1.165, 1.54) is 0 Å². The average molecular weight is 232 g/mol. The molecular formula is C14H16O3. The number of methoxy groups -OCH3 is 1. The lowest BCUT2D eigenvalue weighted by Crippen LogP contribution is -2.25. The van der Waals surface area contributed by atoms with Gasteiger partial charge in [0.2, 0.25) is 0 Å². The van der Waals surface area contributed by atoms with E-state index in [1.54, 1.807) is 7.11 Å². The first kappa shape index (κ1) is 10.8. The first-order valence-electron chi connectivity index (χ1n) is 6.12. The highest BCUT2D eigenvalue weighted by atomic mass is 16.5. The van der Waals surface area contributed by atoms with Gasteiger partial charge in [-0.05, 0) is 31.4 Å². The molecule has 3 unspecified atom stereocenters. The van der Waals surface area contributed by atoms with Gasteiger partial charge in [-0.25, -0.2) is 0 Å². The van der Waals surface area contributed by atoms with E-state index in [2.05, 4.69) is 0 Å². The minimum Gasteiger partial charge on any atom is -0.496 e. The van der Waals surface area contributed by atoms with E-state index in [-0.39, 0.29) is 17.8 Å². The van der Waals surface area contributed by atoms with Crippen LogP contribution < -0.4 is 4.74 Å². The maximum atomic E-state index is 12.5. The van der Waals surface area contributed by atoms with Crippen LogP contribution in [0.25, 0.3) is 0 Å². The molecule has 0 N–H and O–H groups in total. The molecule has 1 aromatic carbocycles. The van der Waals surface area contributed by atoms with Crippen LogP contribution in [-0.4, -0.2) is 25.1 Å². The zero-order chi connectivity index (χ0) is 11.8. The van der Waals surface area contributed by atoms with E-state index < -0.39 is 0 Å². The Bertz CT molecular complexity index is 441. The summed E-state index contributed by atoms with van der Waals surface area (Å²) in [6, 6.07) is 7.44. The van der Waals surface area contributed by atoms with E-state index in [9.17, 15) is 4.79 Å². The van der Waals surface area contributed by atoms with Crippen LogP contribution in [0.4, 0.5) is 0 Å². The van der Waals surface area contributed by atoms with Gasteiger partial charge in [-0.3, -0.25) is 4.79 Å². The summed E-state index contributed by atoms with van der Waals surface area (Å²) in [5.41, 5.74) is 0.691. The third-order valence-electron chi connectivity index (χ3n) is 3.82. The number of rotatable bonds is 3. The summed E-state index contributed by atoms with van der Waals surface area (Å²) in [5, 5.41) is 0. The van der Waals surface area contributed by atoms with Crippen molar-refractivity contribution in [1.29, 1.82) is 0 Å². The number of fused-ring (bicyclic) bond motifs is 2. The van der Waals surface area contributed by atoms with Crippen molar-refractivity contribution in [1.82, 2.24) is 0 Å². The summed E-state index contributed by atoms with van der Waals surface area (Å²) in [4.78, 5) is 12.5. The van der Waals surface area contributed by atoms with Gasteiger partial charge in [0.05, 0.1) is 30.8 Å². The zero-order valence-corrected chi connectivity index (χ0v) is 9.89. The van der Waals surface area contributed by atoms with Gasteiger partial charge in [0, 0.05) is 0 Å². The summed E-state index contributed by atoms with van der Waals surface area (Å²) in [6.07, 6.45) is 3.46. The fourth-order valence-corrected chi connectivity index (χ4v) is 2.96. The first-order valence-corrected chi connectivity index (χ1v) is 6.12. The summed E-state index contributed by atoms with van der Waals surface area (Å²) in [7, 11) is 1.60. The lowest BCUT2D eigenvalue weighted by Gasteiger charge is -2.18. The number of Topliss-reactive ketones (excluding diaryl/α,β-unsaturated/α-hetero) is 1. The highest BCUT2D eigenvalue weighted by Gasteiger charge is 2.44. The normalized spacial score (nSPS) is 30.5. The third-order valence-corrected chi connectivity index (χ3v) is 3.82. The molecule has 3 atom stereocenters. The molecule has 0 saturated carbocycles. The molecule has 90 valence electrons. The van der Waals surface area contributed by atoms with Crippen molar-refractivity contribution in [3.05, 3.63) is 29.8 Å². The van der Waals surface area contributed by atoms with E-state index in [0.29, 0.717) is 17.4 Å². The molecule has 2 bridgehead atoms. The molecule has 0 aliphatic carbocycles. The second-order valence-corrected chi connectivity index (χ2v) is 4.78. The lowest BCUT2D eigenvalue weighted by atomic mass is 9.83. The molecule has 3 heteroatoms. The number of benzene rings is 1. The van der Waals surface area contributed by atoms with E-state index >= 15 is 0 Å². The van der Waals surface area contributed by atoms with Crippen molar-refractivity contribution in [2.75, 3.05) is 7.11 Å². The Balaban J connectivity index is 1.86. The number of carbonyl (C=O) groups is 1. The quantitative estimate of drug-likeness (QED) is 0.751. The summed E-state index contributed by atoms with van der Waals surface area (Å²) < 4.78 is 11.0. The Morgan fingerprint density at radius 1 is 1.35 bits per heavy atom. The minimum atomic E-state index is 0.0325. The van der Waals surface area contributed by atoms with Gasteiger partial charge < -0.3 is 9.47 Å². The number of ketones is 1. The average Bonchev–Trinajstić information content (AvgIpc) is 3.00. The maximum absolute atomic E-state index is 12.5. The van der Waals surface area contributed by atoms with Gasteiger partial charge in [-0.2, -0.15) is 0 Å². The predicted octanol–water partition coefficient (Wildman–Crippen LogP) is 2.45. The maximum Gasteiger partial charge on any atom is 0.172 e. The van der Waals surface area contributed by atoms with Crippen LogP contribution in [0.2, 0.25) is 0 Å². The van der Waals surface area contributed by atoms with Gasteiger partial charge >= 0.3 is 0 Å². The van der Waals surface area contributed by atoms with Gasteiger partial charge in [-0.15, -0.1) is 0 Å². The molecule has 2 saturated heterocycles. The Morgan fingerprint density at radius 2 is 2.18 bits per heavy atom. The topological polar surface area (TPSA) is 35.5 Å². The molecule has 0 aromatic heterocycles. The van der Waals surface area contributed by atoms with Gasteiger partial charge in [0.25, 0.3) is 0 Å². The Kier molecular flexibility index (Phi) is 2.63. The number of hydrogen-bond acceptors (Lipinski definition) is 3. The Morgan fingerprint density at radius 3 is 2.82 bits per heavy atom. The molecular weight excluding hydrogens is 216 g/mol. The number of ether oxygens (including phenoxy) is 2. The standard InChI is InChI=1S/C14H16O3/c1-16-12-5-3-2-4-10(12)14(15)11-8-9-6-7-13(11)17-9/h2-5,9,11,13H,6-8H2,1H3. The highest BCUT2D eigenvalue weighted by Crippen LogP contribution is 2.41. The van der Waals surface area contributed by atoms with Crippen molar-refractivity contribution in [2.24, 2.45) is 5.92 Å². The van der Waals surface area contributed by atoms with Crippen LogP contribution in [0.3, 0.4) is 0 Å². The number of para-hydroxylation sites is 1. The summed E-state index contributed by atoms with van der Waals surface area (Å²) in [6.45, 7) is 0. The molecule has 0 radical (unpaired) electrons. The lowest BCUT2D eigenvalue weighted by molar-refractivity contribution is 0.0741. The summed E-state index contributed by atoms with van der Waals surface area (Å²) >= 11 is 0. The molecule has 0 spiro atoms. The Hall–Kier alpha value is -1.35. The van der Waals surface area contributed by atoms with Crippen molar-refractivity contribution >= 4 is 5.78 Å². The minimum absolute atomic E-state index is 0.0325. The number of hydrogen-bond donors (Lipinski definition) is 0. The van der Waals surface area contributed by atoms with E-state index in [1.807, 2.05) is 24.3 Å². The second-order valence-electron chi connectivity index (χ2n) is 4.78. The molecule has 0 amide bonds. The van der Waals surface area contributed by atoms with E-state index in [4.69, 9.17) is 9.47 Å². The van der Waals surface area contributed by atoms with Crippen LogP contribution in [0, 0.1) is 5.92 Å². The van der Waals surface area contributed by atoms with Gasteiger partial charge in [0.15, 0.2) is 5.78 Å². The largest absolute Gasteiger partial charge is 0.496 e. The predicted molar refractivity (Wildman–Crippen MR) is 63.3 cm³/mol. The fraction of sp³-hybridized carbons (Fsp3) is 0.500. The van der Waals surface area contributed by atoms with Crippen LogP contribution in [0.15, 0.2) is 24.3 Å². The molecule has 2 fully saturated rings. The van der Waals surface area contributed by atoms with E-state index in [0.717, 1.165) is 19.3 Å². The fourth-order valence-electron chi connectivity index (χ4n) is 2.96. The van der Waals surface area contributed by atoms with Crippen LogP contribution in [-0.2, 0) is 4.74 Å². The van der Waals surface area contributed by atoms with Crippen molar-refractivity contribution in [3.63, 3.8) is 0 Å². The van der Waals surface area contributed by atoms with Crippen LogP contribution in [0.5, 0.6) is 5.75 Å². The SMILES string of the molecule is COc1ccccc1C(=O)C1CC2CCC1O2. The third kappa shape index (κ3) is 1.75. The molecule has 2 aliphatic rings. The first-order chi connectivity index (χ1) is 8.29. The second kappa shape index (κ2) is 4.15. The molecule has 3 nitrogen and oxygen atoms in total. The number of carbonyl (C=O) groups excluding carboxylic acids is 1. The smallest absolute Gasteiger partial charge is 0.172 e. The molecule has 17 heavy (non-hydrogen) atoms. The molecule has 2 heterocycles. The molecule has 2 aliphatic heterocycles. The zero-order valence-electron chi connectivity index (χ0n) is 9.89. The monoisotopic (exact) mass is 232 g/mol. The van der Waals surface area contributed by atoms with Crippen molar-refractivity contribution < 1.29 is 14.3 Å². The van der Waals surface area contributed by atoms with Gasteiger partial charge in [0.1, 0.15) is 5.75 Å². The highest BCUT2D eigenvalue weighted by molar-refractivity contribution is 6.00. The van der Waals surface area contributed by atoms with Crippen LogP contribution >= 0.6 is 0 Å². The van der Waals surface area contributed by atoms with Crippen molar-refractivity contribution in [2.45, 2.75) is 31.5 Å².